The lowest BCUT2D eigenvalue weighted by Crippen LogP contribution is -2.43. The summed E-state index contributed by atoms with van der Waals surface area (Å²) in [5, 5.41) is 5.22. The van der Waals surface area contributed by atoms with E-state index in [1.165, 1.54) is 5.01 Å². The number of halogens is 2. The first-order valence-corrected chi connectivity index (χ1v) is 11.1. The van der Waals surface area contributed by atoms with Gasteiger partial charge >= 0.3 is 6.09 Å². The van der Waals surface area contributed by atoms with Crippen molar-refractivity contribution in [3.05, 3.63) is 63.6 Å². The van der Waals surface area contributed by atoms with Crippen LogP contribution in [-0.4, -0.2) is 43.9 Å². The molecule has 0 radical (unpaired) electrons. The van der Waals surface area contributed by atoms with Crippen LogP contribution in [-0.2, 0) is 14.3 Å². The van der Waals surface area contributed by atoms with Gasteiger partial charge in [-0.05, 0) is 56.2 Å². The summed E-state index contributed by atoms with van der Waals surface area (Å²) in [5.41, 5.74) is 4.84. The van der Waals surface area contributed by atoms with Gasteiger partial charge in [0.05, 0.1) is 24.8 Å². The van der Waals surface area contributed by atoms with E-state index in [4.69, 9.17) is 32.7 Å². The quantitative estimate of drug-likeness (QED) is 0.544. The van der Waals surface area contributed by atoms with Crippen molar-refractivity contribution < 1.29 is 19.1 Å². The Morgan fingerprint density at radius 2 is 1.78 bits per heavy atom. The van der Waals surface area contributed by atoms with E-state index >= 15 is 0 Å². The monoisotopic (exact) mass is 479 g/mol. The van der Waals surface area contributed by atoms with E-state index in [0.717, 1.165) is 16.8 Å². The summed E-state index contributed by atoms with van der Waals surface area (Å²) in [7, 11) is 0. The van der Waals surface area contributed by atoms with Crippen LogP contribution < -0.4 is 15.8 Å². The number of hydrazine groups is 1. The molecule has 2 N–H and O–H groups in total. The minimum atomic E-state index is -0.542. The van der Waals surface area contributed by atoms with Gasteiger partial charge in [-0.3, -0.25) is 4.79 Å². The number of fused-ring (bicyclic) bond motifs is 1. The van der Waals surface area contributed by atoms with Crippen LogP contribution in [0.4, 0.5) is 10.5 Å². The number of anilines is 1. The molecule has 3 rings (SSSR count). The number of hydrogen-bond donors (Lipinski definition) is 2. The van der Waals surface area contributed by atoms with E-state index in [1.54, 1.807) is 39.0 Å². The van der Waals surface area contributed by atoms with Crippen LogP contribution in [0.5, 0.6) is 0 Å². The van der Waals surface area contributed by atoms with Gasteiger partial charge < -0.3 is 14.8 Å². The van der Waals surface area contributed by atoms with E-state index in [0.29, 0.717) is 36.3 Å². The predicted molar refractivity (Wildman–Crippen MR) is 125 cm³/mol. The highest BCUT2D eigenvalue weighted by atomic mass is 35.5. The number of carbonyl (C=O) groups is 2. The van der Waals surface area contributed by atoms with Gasteiger partial charge in [0, 0.05) is 23.1 Å². The molecule has 1 unspecified atom stereocenters. The normalized spacial score (nSPS) is 15.6. The van der Waals surface area contributed by atoms with Crippen LogP contribution in [0.15, 0.2) is 42.5 Å². The Bertz CT molecular complexity index is 978. The average molecular weight is 480 g/mol. The average Bonchev–Trinajstić information content (AvgIpc) is 2.97. The molecule has 0 aromatic heterocycles. The minimum Gasteiger partial charge on any atom is -0.444 e. The maximum absolute atomic E-state index is 13.2. The lowest BCUT2D eigenvalue weighted by molar-refractivity contribution is -0.119. The summed E-state index contributed by atoms with van der Waals surface area (Å²) in [4.78, 5) is 24.8. The predicted octanol–water partition coefficient (Wildman–Crippen LogP) is 4.52. The summed E-state index contributed by atoms with van der Waals surface area (Å²) in [6.07, 6.45) is -0.484. The van der Waals surface area contributed by atoms with E-state index in [9.17, 15) is 9.59 Å². The smallest absolute Gasteiger partial charge is 0.407 e. The molecule has 0 fully saturated rings. The zero-order chi connectivity index (χ0) is 23.3. The van der Waals surface area contributed by atoms with Gasteiger partial charge in [0.2, 0.25) is 0 Å². The Kier molecular flexibility index (Phi) is 8.00. The van der Waals surface area contributed by atoms with Crippen LogP contribution in [0.1, 0.15) is 37.8 Å². The van der Waals surface area contributed by atoms with Gasteiger partial charge in [-0.25, -0.2) is 15.2 Å². The van der Waals surface area contributed by atoms with Gasteiger partial charge in [-0.15, -0.1) is 0 Å². The van der Waals surface area contributed by atoms with Crippen LogP contribution >= 0.6 is 23.2 Å². The van der Waals surface area contributed by atoms with Crippen LogP contribution in [0.3, 0.4) is 0 Å². The molecular weight excluding hydrogens is 453 g/mol. The van der Waals surface area contributed by atoms with Crippen molar-refractivity contribution in [2.75, 3.05) is 31.3 Å². The number of rotatable bonds is 8. The minimum absolute atomic E-state index is 0.137. The highest BCUT2D eigenvalue weighted by Gasteiger charge is 2.39. The van der Waals surface area contributed by atoms with Crippen LogP contribution in [0, 0.1) is 0 Å². The molecule has 172 valence electrons. The molecule has 0 saturated heterocycles. The van der Waals surface area contributed by atoms with E-state index in [1.807, 2.05) is 24.3 Å². The molecular formula is C23H27Cl2N3O4. The number of alkyl carbamates (subject to hydrolysis) is 1. The van der Waals surface area contributed by atoms with E-state index in [-0.39, 0.29) is 5.91 Å². The molecule has 0 aliphatic carbocycles. The van der Waals surface area contributed by atoms with Crippen molar-refractivity contribution >= 4 is 40.9 Å². The number of amides is 2. The lowest BCUT2D eigenvalue weighted by atomic mass is 9.92. The summed E-state index contributed by atoms with van der Waals surface area (Å²) in [5.74, 6) is -0.675. The largest absolute Gasteiger partial charge is 0.444 e. The third kappa shape index (κ3) is 6.13. The van der Waals surface area contributed by atoms with E-state index < -0.39 is 17.6 Å². The fourth-order valence-corrected chi connectivity index (χ4v) is 3.81. The van der Waals surface area contributed by atoms with Gasteiger partial charge in [-0.2, -0.15) is 0 Å². The Morgan fingerprint density at radius 1 is 1.06 bits per heavy atom. The Balaban J connectivity index is 1.54. The first-order chi connectivity index (χ1) is 15.2. The Hall–Kier alpha value is -2.32. The summed E-state index contributed by atoms with van der Waals surface area (Å²) in [6, 6.07) is 12.6. The second-order valence-electron chi connectivity index (χ2n) is 8.28. The van der Waals surface area contributed by atoms with E-state index in [2.05, 4.69) is 10.7 Å². The molecule has 7 nitrogen and oxygen atoms in total. The molecule has 1 heterocycles. The zero-order valence-electron chi connectivity index (χ0n) is 18.3. The van der Waals surface area contributed by atoms with Gasteiger partial charge in [0.15, 0.2) is 0 Å². The second kappa shape index (κ2) is 10.5. The molecule has 2 aromatic rings. The molecule has 1 aliphatic rings. The van der Waals surface area contributed by atoms with Crippen molar-refractivity contribution in [3.8, 4) is 0 Å². The number of nitrogens with one attached hydrogen (secondary N) is 2. The molecule has 32 heavy (non-hydrogen) atoms. The van der Waals surface area contributed by atoms with Crippen molar-refractivity contribution in [2.45, 2.75) is 32.3 Å². The molecule has 1 aliphatic heterocycles. The topological polar surface area (TPSA) is 79.9 Å². The van der Waals surface area contributed by atoms with Crippen LogP contribution in [0.25, 0.3) is 0 Å². The fourth-order valence-electron chi connectivity index (χ4n) is 3.39. The second-order valence-corrected chi connectivity index (χ2v) is 9.12. The summed E-state index contributed by atoms with van der Waals surface area (Å²) in [6.45, 7) is 6.80. The first-order valence-electron chi connectivity index (χ1n) is 10.3. The van der Waals surface area contributed by atoms with Crippen LogP contribution in [0.2, 0.25) is 10.0 Å². The molecule has 0 saturated carbocycles. The molecule has 9 heteroatoms. The fraction of sp³-hybridized carbons (Fsp3) is 0.391. The molecule has 2 amide bonds. The SMILES string of the molecule is CC(C)(C)OC(=O)NCCOCCNN1C(=O)C(c2ccccc2Cl)c2cc(Cl)ccc21. The molecule has 1 atom stereocenters. The van der Waals surface area contributed by atoms with Gasteiger partial charge in [0.1, 0.15) is 5.60 Å². The summed E-state index contributed by atoms with van der Waals surface area (Å²) >= 11 is 12.6. The maximum Gasteiger partial charge on any atom is 0.407 e. The lowest BCUT2D eigenvalue weighted by Gasteiger charge is -2.20. The molecule has 0 bridgehead atoms. The third-order valence-corrected chi connectivity index (χ3v) is 5.24. The first kappa shape index (κ1) is 24.3. The highest BCUT2D eigenvalue weighted by molar-refractivity contribution is 6.32. The van der Waals surface area contributed by atoms with Crippen molar-refractivity contribution in [3.63, 3.8) is 0 Å². The zero-order valence-corrected chi connectivity index (χ0v) is 19.8. The Labute approximate surface area is 197 Å². The molecule has 2 aromatic carbocycles. The molecule has 0 spiro atoms. The number of carbonyl (C=O) groups excluding carboxylic acids is 2. The van der Waals surface area contributed by atoms with Gasteiger partial charge in [-0.1, -0.05) is 41.4 Å². The number of benzene rings is 2. The van der Waals surface area contributed by atoms with Crippen molar-refractivity contribution in [1.29, 1.82) is 0 Å². The third-order valence-electron chi connectivity index (χ3n) is 4.66. The number of hydrogen-bond acceptors (Lipinski definition) is 5. The Morgan fingerprint density at radius 3 is 2.50 bits per heavy atom. The summed E-state index contributed by atoms with van der Waals surface area (Å²) < 4.78 is 10.7. The number of nitrogens with zero attached hydrogens (tertiary/aromatic N) is 1. The van der Waals surface area contributed by atoms with Crippen molar-refractivity contribution in [2.24, 2.45) is 0 Å². The highest BCUT2D eigenvalue weighted by Crippen LogP contribution is 2.43. The standard InChI is InChI=1S/C23H27Cl2N3O4/c1-23(2,3)32-22(30)26-10-12-31-13-11-27-28-19-9-8-15(24)14-17(19)20(21(28)29)16-6-4-5-7-18(16)25/h4-9,14,20,27H,10-13H2,1-3H3,(H,26,30). The maximum atomic E-state index is 13.2. The van der Waals surface area contributed by atoms with Crippen molar-refractivity contribution in [1.82, 2.24) is 10.7 Å². The number of ether oxygens (including phenoxy) is 2. The van der Waals surface area contributed by atoms with Gasteiger partial charge in [0.25, 0.3) is 5.91 Å².